The van der Waals surface area contributed by atoms with Crippen LogP contribution in [0.1, 0.15) is 25.0 Å². The standard InChI is InChI=1S/C41H34N4O6S2/c1-26(46)42-34-11-3-28(4-12-34)30-7-15-36(16-8-30)44-52(48,49)38-19-21-40-32(24-38)23-33-25-39(20-22-41(33)40)53(50,51)45-37-17-9-31(10-18-37)29-5-13-35(14-6-29)43-27(2)47/h3-22,24-25,44-45H,23H2,1-2H3,(H,42,46)(H,43,47). The van der Waals surface area contributed by atoms with Crippen molar-refractivity contribution in [2.24, 2.45) is 0 Å². The molecule has 0 atom stereocenters. The molecule has 0 fully saturated rings. The van der Waals surface area contributed by atoms with Crippen molar-refractivity contribution in [1.29, 1.82) is 0 Å². The van der Waals surface area contributed by atoms with Crippen LogP contribution in [0.3, 0.4) is 0 Å². The van der Waals surface area contributed by atoms with Gasteiger partial charge in [-0.3, -0.25) is 19.0 Å². The molecular weight excluding hydrogens is 709 g/mol. The molecule has 6 aromatic carbocycles. The van der Waals surface area contributed by atoms with Crippen LogP contribution in [0.5, 0.6) is 0 Å². The maximum absolute atomic E-state index is 13.4. The molecule has 0 aromatic heterocycles. The lowest BCUT2D eigenvalue weighted by Gasteiger charge is -2.11. The molecule has 7 rings (SSSR count). The minimum Gasteiger partial charge on any atom is -0.326 e. The van der Waals surface area contributed by atoms with Gasteiger partial charge in [-0.25, -0.2) is 16.8 Å². The lowest BCUT2D eigenvalue weighted by molar-refractivity contribution is -0.115. The minimum absolute atomic E-state index is 0.100. The Labute approximate surface area is 308 Å². The van der Waals surface area contributed by atoms with Gasteiger partial charge in [-0.15, -0.1) is 0 Å². The molecule has 2 amide bonds. The van der Waals surface area contributed by atoms with Crippen LogP contribution in [-0.4, -0.2) is 28.6 Å². The summed E-state index contributed by atoms with van der Waals surface area (Å²) in [5, 5.41) is 5.46. The van der Waals surface area contributed by atoms with Gasteiger partial charge in [-0.05, 0) is 124 Å². The molecule has 53 heavy (non-hydrogen) atoms. The zero-order valence-electron chi connectivity index (χ0n) is 28.7. The number of carbonyl (C=O) groups is 2. The third kappa shape index (κ3) is 7.83. The first-order valence-electron chi connectivity index (χ1n) is 16.6. The van der Waals surface area contributed by atoms with E-state index in [1.807, 2.05) is 48.5 Å². The van der Waals surface area contributed by atoms with Crippen LogP contribution in [0.15, 0.2) is 143 Å². The molecule has 266 valence electrons. The highest BCUT2D eigenvalue weighted by molar-refractivity contribution is 7.93. The van der Waals surface area contributed by atoms with Gasteiger partial charge in [0.15, 0.2) is 0 Å². The van der Waals surface area contributed by atoms with E-state index in [0.717, 1.165) is 44.5 Å². The molecular formula is C41H34N4O6S2. The van der Waals surface area contributed by atoms with Gasteiger partial charge in [0.1, 0.15) is 0 Å². The molecule has 0 heterocycles. The van der Waals surface area contributed by atoms with Crippen molar-refractivity contribution in [2.45, 2.75) is 30.1 Å². The Bertz CT molecular complexity index is 2410. The maximum atomic E-state index is 13.4. The number of carbonyl (C=O) groups excluding carboxylic acids is 2. The van der Waals surface area contributed by atoms with Crippen LogP contribution >= 0.6 is 0 Å². The van der Waals surface area contributed by atoms with Crippen molar-refractivity contribution >= 4 is 54.6 Å². The number of amides is 2. The number of benzene rings is 6. The number of rotatable bonds is 10. The first-order chi connectivity index (χ1) is 25.3. The average Bonchev–Trinajstić information content (AvgIpc) is 3.50. The van der Waals surface area contributed by atoms with Crippen molar-refractivity contribution in [3.05, 3.63) is 145 Å². The molecule has 0 unspecified atom stereocenters. The van der Waals surface area contributed by atoms with Gasteiger partial charge in [0.05, 0.1) is 9.79 Å². The van der Waals surface area contributed by atoms with E-state index in [1.54, 1.807) is 84.9 Å². The summed E-state index contributed by atoms with van der Waals surface area (Å²) in [4.78, 5) is 22.8. The van der Waals surface area contributed by atoms with E-state index in [2.05, 4.69) is 20.1 Å². The van der Waals surface area contributed by atoms with Gasteiger partial charge in [0.2, 0.25) is 11.8 Å². The second-order valence-corrected chi connectivity index (χ2v) is 16.1. The number of sulfonamides is 2. The Balaban J connectivity index is 1.01. The van der Waals surface area contributed by atoms with E-state index in [4.69, 9.17) is 0 Å². The summed E-state index contributed by atoms with van der Waals surface area (Å²) in [5.74, 6) is -0.304. The predicted molar refractivity (Wildman–Crippen MR) is 209 cm³/mol. The molecule has 12 heteroatoms. The summed E-state index contributed by atoms with van der Waals surface area (Å²) in [7, 11) is -7.84. The largest absolute Gasteiger partial charge is 0.326 e. The summed E-state index contributed by atoms with van der Waals surface area (Å²) >= 11 is 0. The van der Waals surface area contributed by atoms with Crippen LogP contribution in [0.25, 0.3) is 33.4 Å². The zero-order chi connectivity index (χ0) is 37.3. The number of fused-ring (bicyclic) bond motifs is 3. The normalized spacial score (nSPS) is 12.0. The second kappa shape index (κ2) is 14.1. The summed E-state index contributed by atoms with van der Waals surface area (Å²) in [5.41, 5.74) is 9.05. The molecule has 0 bridgehead atoms. The topological polar surface area (TPSA) is 151 Å². The van der Waals surface area contributed by atoms with E-state index in [0.29, 0.717) is 29.2 Å². The summed E-state index contributed by atoms with van der Waals surface area (Å²) < 4.78 is 59.0. The molecule has 1 aliphatic rings. The lowest BCUT2D eigenvalue weighted by Crippen LogP contribution is -2.13. The SMILES string of the molecule is CC(=O)Nc1ccc(-c2ccc(NS(=O)(=O)c3ccc4c(c3)Cc3cc(S(=O)(=O)Nc5ccc(-c6ccc(NC(C)=O)cc6)cc5)ccc3-4)cc2)cc1. The highest BCUT2D eigenvalue weighted by Gasteiger charge is 2.25. The van der Waals surface area contributed by atoms with Gasteiger partial charge < -0.3 is 10.6 Å². The molecule has 0 spiro atoms. The fraction of sp³-hybridized carbons (Fsp3) is 0.0732. The zero-order valence-corrected chi connectivity index (χ0v) is 30.3. The van der Waals surface area contributed by atoms with Crippen molar-refractivity contribution < 1.29 is 26.4 Å². The summed E-state index contributed by atoms with van der Waals surface area (Å²) in [6.45, 7) is 2.89. The quantitative estimate of drug-likeness (QED) is 0.111. The van der Waals surface area contributed by atoms with E-state index >= 15 is 0 Å². The van der Waals surface area contributed by atoms with Crippen LogP contribution in [-0.2, 0) is 36.1 Å². The fourth-order valence-corrected chi connectivity index (χ4v) is 8.50. The Hall–Kier alpha value is -6.24. The third-order valence-electron chi connectivity index (χ3n) is 8.80. The third-order valence-corrected chi connectivity index (χ3v) is 11.6. The molecule has 0 saturated carbocycles. The Morgan fingerprint density at radius 3 is 1.04 bits per heavy atom. The van der Waals surface area contributed by atoms with Gasteiger partial charge in [0, 0.05) is 36.6 Å². The molecule has 10 nitrogen and oxygen atoms in total. The van der Waals surface area contributed by atoms with Crippen LogP contribution in [0.4, 0.5) is 22.7 Å². The molecule has 6 aromatic rings. The Kier molecular flexibility index (Phi) is 9.33. The molecule has 0 radical (unpaired) electrons. The fourth-order valence-electron chi connectivity index (χ4n) is 6.29. The van der Waals surface area contributed by atoms with Crippen LogP contribution in [0, 0.1) is 0 Å². The van der Waals surface area contributed by atoms with Gasteiger partial charge >= 0.3 is 0 Å². The molecule has 0 saturated heterocycles. The van der Waals surface area contributed by atoms with Crippen molar-refractivity contribution in [3.63, 3.8) is 0 Å². The van der Waals surface area contributed by atoms with Crippen molar-refractivity contribution in [1.82, 2.24) is 0 Å². The van der Waals surface area contributed by atoms with Gasteiger partial charge in [-0.2, -0.15) is 0 Å². The first kappa shape index (κ1) is 35.2. The molecule has 1 aliphatic carbocycles. The number of hydrogen-bond acceptors (Lipinski definition) is 6. The smallest absolute Gasteiger partial charge is 0.261 e. The van der Waals surface area contributed by atoms with Gasteiger partial charge in [-0.1, -0.05) is 60.7 Å². The monoisotopic (exact) mass is 742 g/mol. The minimum atomic E-state index is -3.92. The van der Waals surface area contributed by atoms with Crippen LogP contribution in [0.2, 0.25) is 0 Å². The highest BCUT2D eigenvalue weighted by Crippen LogP contribution is 2.39. The maximum Gasteiger partial charge on any atom is 0.261 e. The van der Waals surface area contributed by atoms with E-state index in [-0.39, 0.29) is 21.6 Å². The van der Waals surface area contributed by atoms with E-state index < -0.39 is 20.0 Å². The predicted octanol–water partition coefficient (Wildman–Crippen LogP) is 8.11. The second-order valence-electron chi connectivity index (χ2n) is 12.7. The number of nitrogens with one attached hydrogen (secondary N) is 4. The lowest BCUT2D eigenvalue weighted by atomic mass is 10.1. The van der Waals surface area contributed by atoms with E-state index in [1.165, 1.54) is 13.8 Å². The summed E-state index contributed by atoms with van der Waals surface area (Å²) in [6.07, 6.45) is 0.377. The van der Waals surface area contributed by atoms with Gasteiger partial charge in [0.25, 0.3) is 20.0 Å². The van der Waals surface area contributed by atoms with Crippen LogP contribution < -0.4 is 20.1 Å². The Morgan fingerprint density at radius 1 is 0.434 bits per heavy atom. The summed E-state index contributed by atoms with van der Waals surface area (Å²) in [6, 6.07) is 38.6. The number of hydrogen-bond donors (Lipinski definition) is 4. The first-order valence-corrected chi connectivity index (χ1v) is 19.6. The van der Waals surface area contributed by atoms with E-state index in [9.17, 15) is 26.4 Å². The molecule has 4 N–H and O–H groups in total. The Morgan fingerprint density at radius 2 is 0.736 bits per heavy atom. The average molecular weight is 743 g/mol. The van der Waals surface area contributed by atoms with Crippen molar-refractivity contribution in [2.75, 3.05) is 20.1 Å². The van der Waals surface area contributed by atoms with Crippen molar-refractivity contribution in [3.8, 4) is 33.4 Å². The number of anilines is 4. The molecule has 0 aliphatic heterocycles. The highest BCUT2D eigenvalue weighted by atomic mass is 32.2.